The van der Waals surface area contributed by atoms with Crippen LogP contribution in [0.15, 0.2) is 29.2 Å². The molecule has 0 radical (unpaired) electrons. The fourth-order valence-corrected chi connectivity index (χ4v) is 3.33. The third kappa shape index (κ3) is 4.04. The van der Waals surface area contributed by atoms with Crippen molar-refractivity contribution in [3.8, 4) is 0 Å². The summed E-state index contributed by atoms with van der Waals surface area (Å²) in [4.78, 5) is 19.1. The van der Waals surface area contributed by atoms with E-state index < -0.39 is 0 Å². The Labute approximate surface area is 146 Å². The van der Waals surface area contributed by atoms with Crippen LogP contribution in [-0.4, -0.2) is 33.4 Å². The highest BCUT2D eigenvalue weighted by Gasteiger charge is 2.25. The molecule has 0 spiro atoms. The molecule has 0 amide bonds. The predicted molar refractivity (Wildman–Crippen MR) is 95.4 cm³/mol. The van der Waals surface area contributed by atoms with Crippen LogP contribution >= 0.6 is 24.0 Å². The van der Waals surface area contributed by atoms with Crippen molar-refractivity contribution >= 4 is 29.7 Å². The normalized spacial score (nSPS) is 22.0. The molecule has 2 aromatic heterocycles. The molecule has 0 bridgehead atoms. The third-order valence-electron chi connectivity index (χ3n) is 4.41. The lowest BCUT2D eigenvalue weighted by Gasteiger charge is -2.37. The highest BCUT2D eigenvalue weighted by molar-refractivity contribution is 6.30. The van der Waals surface area contributed by atoms with Gasteiger partial charge in [0.15, 0.2) is 0 Å². The van der Waals surface area contributed by atoms with Crippen LogP contribution < -0.4 is 11.3 Å². The van der Waals surface area contributed by atoms with Crippen LogP contribution in [0.2, 0.25) is 5.02 Å². The Balaban J connectivity index is 0.00000192. The number of likely N-dealkylation sites (tertiary alicyclic amines) is 1. The molecule has 2 N–H and O–H groups in total. The fraction of sp³-hybridized carbons (Fsp3) is 0.500. The predicted octanol–water partition coefficient (Wildman–Crippen LogP) is 2.33. The van der Waals surface area contributed by atoms with Crippen molar-refractivity contribution < 1.29 is 0 Å². The van der Waals surface area contributed by atoms with Crippen molar-refractivity contribution in [3.63, 3.8) is 0 Å². The van der Waals surface area contributed by atoms with Crippen LogP contribution in [0.5, 0.6) is 0 Å². The summed E-state index contributed by atoms with van der Waals surface area (Å²) in [5.74, 6) is 0.710. The van der Waals surface area contributed by atoms with Crippen LogP contribution in [0, 0.1) is 5.92 Å². The summed E-state index contributed by atoms with van der Waals surface area (Å²) in [5.41, 5.74) is 7.22. The van der Waals surface area contributed by atoms with E-state index in [9.17, 15) is 4.79 Å². The highest BCUT2D eigenvalue weighted by atomic mass is 35.5. The summed E-state index contributed by atoms with van der Waals surface area (Å²) in [6, 6.07) is 5.48. The first-order valence-electron chi connectivity index (χ1n) is 7.69. The molecule has 1 aliphatic heterocycles. The lowest BCUT2D eigenvalue weighted by molar-refractivity contribution is 0.114. The van der Waals surface area contributed by atoms with E-state index in [1.807, 2.05) is 0 Å². The highest BCUT2D eigenvalue weighted by Crippen LogP contribution is 2.23. The molecule has 5 nitrogen and oxygen atoms in total. The average Bonchev–Trinajstić information content (AvgIpc) is 2.50. The molecule has 0 aromatic carbocycles. The molecule has 126 valence electrons. The molecule has 1 saturated heterocycles. The first kappa shape index (κ1) is 18.2. The molecular formula is C16H22Cl2N4O. The topological polar surface area (TPSA) is 63.6 Å². The van der Waals surface area contributed by atoms with Gasteiger partial charge in [-0.2, -0.15) is 0 Å². The van der Waals surface area contributed by atoms with Crippen molar-refractivity contribution in [2.45, 2.75) is 32.4 Å². The molecule has 2 aromatic rings. The Morgan fingerprint density at radius 1 is 1.43 bits per heavy atom. The van der Waals surface area contributed by atoms with Gasteiger partial charge in [0.05, 0.1) is 10.7 Å². The molecule has 3 heterocycles. The molecule has 23 heavy (non-hydrogen) atoms. The minimum atomic E-state index is -0.0998. The van der Waals surface area contributed by atoms with Gasteiger partial charge in [0.2, 0.25) is 0 Å². The van der Waals surface area contributed by atoms with Gasteiger partial charge >= 0.3 is 0 Å². The van der Waals surface area contributed by atoms with Gasteiger partial charge in [-0.15, -0.1) is 12.4 Å². The smallest absolute Gasteiger partial charge is 0.258 e. The first-order chi connectivity index (χ1) is 10.6. The van der Waals surface area contributed by atoms with Crippen LogP contribution in [0.4, 0.5) is 0 Å². The lowest BCUT2D eigenvalue weighted by Crippen LogP contribution is -2.45. The molecular weight excluding hydrogens is 335 g/mol. The SMILES string of the molecule is CC1CCN(Cc2cc(=O)n3cc(Cl)ccc3n2)C(CN)C1.Cl. The van der Waals surface area contributed by atoms with E-state index in [0.29, 0.717) is 35.7 Å². The number of piperidine rings is 1. The second-order valence-corrected chi connectivity index (χ2v) is 6.59. The number of hydrogen-bond donors (Lipinski definition) is 1. The van der Waals surface area contributed by atoms with Gasteiger partial charge in [0.25, 0.3) is 5.56 Å². The summed E-state index contributed by atoms with van der Waals surface area (Å²) in [5, 5.41) is 0.525. The van der Waals surface area contributed by atoms with Gasteiger partial charge in [0, 0.05) is 31.4 Å². The monoisotopic (exact) mass is 356 g/mol. The summed E-state index contributed by atoms with van der Waals surface area (Å²) >= 11 is 5.93. The number of nitrogens with two attached hydrogens (primary N) is 1. The Kier molecular flexibility index (Phi) is 6.03. The minimum absolute atomic E-state index is 0. The van der Waals surface area contributed by atoms with E-state index in [0.717, 1.165) is 18.7 Å². The summed E-state index contributed by atoms with van der Waals surface area (Å²) in [6.07, 6.45) is 3.87. The molecule has 0 saturated carbocycles. The Morgan fingerprint density at radius 3 is 2.96 bits per heavy atom. The van der Waals surface area contributed by atoms with E-state index in [1.165, 1.54) is 10.8 Å². The average molecular weight is 357 g/mol. The number of aromatic nitrogens is 2. The molecule has 7 heteroatoms. The standard InChI is InChI=1S/C16H21ClN4O.ClH/c1-11-4-5-20(14(6-11)8-18)10-13-7-16(22)21-9-12(17)2-3-15(21)19-13;/h2-3,7,9,11,14H,4-6,8,10,18H2,1H3;1H. The zero-order chi connectivity index (χ0) is 15.7. The van der Waals surface area contributed by atoms with Crippen LogP contribution in [0.25, 0.3) is 5.65 Å². The van der Waals surface area contributed by atoms with Crippen LogP contribution in [-0.2, 0) is 6.54 Å². The number of rotatable bonds is 3. The van der Waals surface area contributed by atoms with E-state index in [1.54, 1.807) is 24.4 Å². The largest absolute Gasteiger partial charge is 0.329 e. The van der Waals surface area contributed by atoms with Crippen molar-refractivity contribution in [2.75, 3.05) is 13.1 Å². The maximum absolute atomic E-state index is 12.2. The molecule has 2 atom stereocenters. The summed E-state index contributed by atoms with van der Waals surface area (Å²) in [7, 11) is 0. The van der Waals surface area contributed by atoms with Gasteiger partial charge in [-0.3, -0.25) is 14.1 Å². The number of nitrogens with zero attached hydrogens (tertiary/aromatic N) is 3. The molecule has 0 aliphatic carbocycles. The van der Waals surface area contributed by atoms with Crippen LogP contribution in [0.1, 0.15) is 25.5 Å². The number of halogens is 2. The van der Waals surface area contributed by atoms with Crippen molar-refractivity contribution in [1.82, 2.24) is 14.3 Å². The van der Waals surface area contributed by atoms with Crippen LogP contribution in [0.3, 0.4) is 0 Å². The molecule has 2 unspecified atom stereocenters. The van der Waals surface area contributed by atoms with Gasteiger partial charge in [-0.05, 0) is 37.4 Å². The molecule has 3 rings (SSSR count). The zero-order valence-electron chi connectivity index (χ0n) is 13.1. The van der Waals surface area contributed by atoms with Crippen molar-refractivity contribution in [2.24, 2.45) is 11.7 Å². The summed E-state index contributed by atoms with van der Waals surface area (Å²) in [6.45, 7) is 4.59. The van der Waals surface area contributed by atoms with Gasteiger partial charge in [-0.25, -0.2) is 4.98 Å². The second-order valence-electron chi connectivity index (χ2n) is 6.15. The fourth-order valence-electron chi connectivity index (χ4n) is 3.17. The third-order valence-corrected chi connectivity index (χ3v) is 4.64. The minimum Gasteiger partial charge on any atom is -0.329 e. The van der Waals surface area contributed by atoms with Gasteiger partial charge in [-0.1, -0.05) is 18.5 Å². The maximum Gasteiger partial charge on any atom is 0.258 e. The Bertz CT molecular complexity index is 734. The van der Waals surface area contributed by atoms with Gasteiger partial charge < -0.3 is 5.73 Å². The number of pyridine rings is 1. The van der Waals surface area contributed by atoms with Gasteiger partial charge in [0.1, 0.15) is 5.65 Å². The quantitative estimate of drug-likeness (QED) is 0.916. The Hall–Kier alpha value is -1.14. The van der Waals surface area contributed by atoms with E-state index in [4.69, 9.17) is 17.3 Å². The maximum atomic E-state index is 12.2. The molecule has 1 aliphatic rings. The second kappa shape index (κ2) is 7.62. The van der Waals surface area contributed by atoms with E-state index >= 15 is 0 Å². The number of fused-ring (bicyclic) bond motifs is 1. The lowest BCUT2D eigenvalue weighted by atomic mass is 9.92. The Morgan fingerprint density at radius 2 is 2.22 bits per heavy atom. The van der Waals surface area contributed by atoms with Crippen molar-refractivity contribution in [3.05, 3.63) is 45.5 Å². The van der Waals surface area contributed by atoms with Crippen molar-refractivity contribution in [1.29, 1.82) is 0 Å². The van der Waals surface area contributed by atoms with E-state index in [-0.39, 0.29) is 18.0 Å². The summed E-state index contributed by atoms with van der Waals surface area (Å²) < 4.78 is 1.48. The zero-order valence-corrected chi connectivity index (χ0v) is 14.7. The first-order valence-corrected chi connectivity index (χ1v) is 8.06. The van der Waals surface area contributed by atoms with E-state index in [2.05, 4.69) is 16.8 Å². The molecule has 1 fully saturated rings. The number of hydrogen-bond acceptors (Lipinski definition) is 4.